The van der Waals surface area contributed by atoms with Crippen molar-refractivity contribution in [3.63, 3.8) is 0 Å². The number of ether oxygens (including phenoxy) is 2. The normalized spacial score (nSPS) is 13.1. The van der Waals surface area contributed by atoms with Crippen LogP contribution in [0, 0.1) is 0 Å². The molecule has 2 amide bonds. The Morgan fingerprint density at radius 3 is 2.07 bits per heavy atom. The molecule has 0 radical (unpaired) electrons. The molecule has 5 aromatic rings. The zero-order valence-electron chi connectivity index (χ0n) is 29.8. The van der Waals surface area contributed by atoms with Crippen LogP contribution < -0.4 is 14.4 Å². The van der Waals surface area contributed by atoms with Gasteiger partial charge in [0.05, 0.1) is 30.1 Å². The summed E-state index contributed by atoms with van der Waals surface area (Å²) in [7, 11) is 4.92. The van der Waals surface area contributed by atoms with Crippen LogP contribution in [0.5, 0.6) is 23.1 Å². The van der Waals surface area contributed by atoms with E-state index < -0.39 is 35.3 Å². The summed E-state index contributed by atoms with van der Waals surface area (Å²) in [5.41, 5.74) is 1.63. The van der Waals surface area contributed by atoms with E-state index in [1.54, 1.807) is 25.3 Å². The summed E-state index contributed by atoms with van der Waals surface area (Å²) >= 11 is 0. The highest BCUT2D eigenvalue weighted by Crippen LogP contribution is 2.34. The van der Waals surface area contributed by atoms with Gasteiger partial charge >= 0.3 is 18.1 Å². The van der Waals surface area contributed by atoms with Gasteiger partial charge in [0.25, 0.3) is 11.8 Å². The number of phenols is 1. The number of benzene rings is 3. The maximum atomic E-state index is 13.5. The summed E-state index contributed by atoms with van der Waals surface area (Å²) in [5.74, 6) is -3.62. The molecule has 2 aromatic heterocycles. The number of hydrogen-bond donors (Lipinski definition) is 3. The van der Waals surface area contributed by atoms with Gasteiger partial charge in [0.1, 0.15) is 22.9 Å². The molecule has 0 bridgehead atoms. The lowest BCUT2D eigenvalue weighted by Crippen LogP contribution is -2.48. The summed E-state index contributed by atoms with van der Waals surface area (Å²) in [6.45, 7) is 3.60. The van der Waals surface area contributed by atoms with Gasteiger partial charge in [-0.05, 0) is 66.2 Å². The van der Waals surface area contributed by atoms with Crippen molar-refractivity contribution in [2.45, 2.75) is 12.7 Å². The lowest BCUT2D eigenvalue weighted by molar-refractivity contribution is -0.159. The molecule has 55 heavy (non-hydrogen) atoms. The summed E-state index contributed by atoms with van der Waals surface area (Å²) in [4.78, 5) is 54.3. The van der Waals surface area contributed by atoms with E-state index in [9.17, 15) is 27.9 Å². The monoisotopic (exact) mass is 763 g/mol. The first kappa shape index (κ1) is 39.6. The molecule has 17 heteroatoms. The van der Waals surface area contributed by atoms with Crippen molar-refractivity contribution in [2.75, 3.05) is 45.2 Å². The second-order valence-corrected chi connectivity index (χ2v) is 12.4. The molecule has 0 saturated carbocycles. The van der Waals surface area contributed by atoms with Crippen LogP contribution in [-0.4, -0.2) is 98.8 Å². The number of carbonyl (C=O) groups excluding carboxylic acids is 2. The number of anilines is 1. The van der Waals surface area contributed by atoms with E-state index in [4.69, 9.17) is 29.3 Å². The number of methoxy groups -OCH3 is 1. The minimum atomic E-state index is -4.65. The van der Waals surface area contributed by atoms with Crippen LogP contribution in [0.1, 0.15) is 32.0 Å². The van der Waals surface area contributed by atoms with E-state index in [-0.39, 0.29) is 17.4 Å². The highest BCUT2D eigenvalue weighted by atomic mass is 19.4. The molecule has 0 unspecified atom stereocenters. The van der Waals surface area contributed by atoms with Crippen LogP contribution in [0.25, 0.3) is 10.9 Å². The van der Waals surface area contributed by atoms with Gasteiger partial charge in [-0.25, -0.2) is 14.6 Å². The fraction of sp³-hybridized carbons (Fsp3) is 0.237. The Labute approximate surface area is 312 Å². The van der Waals surface area contributed by atoms with Gasteiger partial charge in [0.2, 0.25) is 5.88 Å². The van der Waals surface area contributed by atoms with E-state index >= 15 is 0 Å². The molecule has 3 N–H and O–H groups in total. The molecular formula is C38H36F3N5O9. The molecule has 0 atom stereocenters. The number of piperazine rings is 1. The number of rotatable bonds is 8. The third kappa shape index (κ3) is 9.49. The molecule has 1 saturated heterocycles. The number of carboxylic acid groups (broad SMARTS) is 2. The van der Waals surface area contributed by atoms with Crippen molar-refractivity contribution < 1.29 is 57.1 Å². The fourth-order valence-electron chi connectivity index (χ4n) is 5.80. The average molecular weight is 764 g/mol. The van der Waals surface area contributed by atoms with Crippen LogP contribution >= 0.6 is 0 Å². The van der Waals surface area contributed by atoms with Crippen molar-refractivity contribution >= 4 is 40.3 Å². The predicted molar refractivity (Wildman–Crippen MR) is 193 cm³/mol. The standard InChI is InChI=1S/C36H34F3N5O5.C2H2O4/c1-41(34(46)29-11-6-25(20-32(29)45)36(37,38)39)26-7-13-33(40-21-26)49-28-10-12-30-24(18-28)19-31(42(30)2)35(47)44-16-14-43(15-17-44)22-23-4-8-27(48-3)9-5-23;3-1(4)2(5)6/h4-13,18-21,45H,14-17,22H2,1-3H3;(H,3,4)(H,5,6). The number of alkyl halides is 3. The second kappa shape index (κ2) is 16.6. The Bertz CT molecular complexity index is 2190. The van der Waals surface area contributed by atoms with E-state index in [1.165, 1.54) is 18.8 Å². The molecule has 6 rings (SSSR count). The summed E-state index contributed by atoms with van der Waals surface area (Å²) in [6.07, 6.45) is -3.27. The van der Waals surface area contributed by atoms with Gasteiger partial charge in [-0.2, -0.15) is 13.2 Å². The molecule has 3 aromatic carbocycles. The van der Waals surface area contributed by atoms with E-state index in [0.717, 1.165) is 53.3 Å². The number of phenolic OH excluding ortho intramolecular Hbond substituents is 1. The van der Waals surface area contributed by atoms with E-state index in [0.29, 0.717) is 36.3 Å². The molecule has 0 aliphatic carbocycles. The largest absolute Gasteiger partial charge is 0.507 e. The second-order valence-electron chi connectivity index (χ2n) is 12.4. The number of hydrogen-bond acceptors (Lipinski definition) is 9. The number of carboxylic acids is 2. The zero-order chi connectivity index (χ0) is 40.0. The number of aromatic hydroxyl groups is 1. The minimum Gasteiger partial charge on any atom is -0.507 e. The molecule has 3 heterocycles. The minimum absolute atomic E-state index is 0.0363. The smallest absolute Gasteiger partial charge is 0.416 e. The lowest BCUT2D eigenvalue weighted by atomic mass is 10.1. The Morgan fingerprint density at radius 1 is 0.855 bits per heavy atom. The fourth-order valence-corrected chi connectivity index (χ4v) is 5.80. The number of pyridine rings is 1. The third-order valence-corrected chi connectivity index (χ3v) is 8.83. The van der Waals surface area contributed by atoms with Gasteiger partial charge < -0.3 is 39.2 Å². The summed E-state index contributed by atoms with van der Waals surface area (Å²) in [6, 6.07) is 20.6. The van der Waals surface area contributed by atoms with Crippen LogP contribution in [0.3, 0.4) is 0 Å². The maximum absolute atomic E-state index is 13.5. The first-order chi connectivity index (χ1) is 26.0. The molecule has 1 fully saturated rings. The number of halogens is 3. The van der Waals surface area contributed by atoms with Crippen LogP contribution in [0.15, 0.2) is 85.1 Å². The topological polar surface area (TPSA) is 175 Å². The summed E-state index contributed by atoms with van der Waals surface area (Å²) in [5, 5.41) is 25.7. The third-order valence-electron chi connectivity index (χ3n) is 8.83. The number of aryl methyl sites for hydroxylation is 1. The molecule has 1 aliphatic rings. The number of carbonyl (C=O) groups is 4. The predicted octanol–water partition coefficient (Wildman–Crippen LogP) is 5.49. The number of fused-ring (bicyclic) bond motifs is 1. The Balaban J connectivity index is 0.000000895. The van der Waals surface area contributed by atoms with Gasteiger partial charge in [-0.1, -0.05) is 12.1 Å². The van der Waals surface area contributed by atoms with Gasteiger partial charge in [0, 0.05) is 63.8 Å². The van der Waals surface area contributed by atoms with Crippen molar-refractivity contribution in [1.82, 2.24) is 19.4 Å². The zero-order valence-corrected chi connectivity index (χ0v) is 29.8. The van der Waals surface area contributed by atoms with Crippen molar-refractivity contribution in [1.29, 1.82) is 0 Å². The van der Waals surface area contributed by atoms with Crippen LogP contribution in [0.4, 0.5) is 18.9 Å². The molecule has 288 valence electrons. The average Bonchev–Trinajstić information content (AvgIpc) is 3.49. The number of aliphatic carboxylic acids is 2. The van der Waals surface area contributed by atoms with E-state index in [1.807, 2.05) is 46.8 Å². The van der Waals surface area contributed by atoms with Crippen molar-refractivity contribution in [2.24, 2.45) is 7.05 Å². The van der Waals surface area contributed by atoms with Crippen LogP contribution in [0.2, 0.25) is 0 Å². The quantitative estimate of drug-likeness (QED) is 0.171. The SMILES string of the molecule is COc1ccc(CN2CCN(C(=O)c3cc4cc(Oc5ccc(N(C)C(=O)c6ccc(C(F)(F)F)cc6O)cn5)ccc4n3C)CC2)cc1.O=C(O)C(=O)O. The first-order valence-electron chi connectivity index (χ1n) is 16.6. The van der Waals surface area contributed by atoms with Crippen molar-refractivity contribution in [3.8, 4) is 23.1 Å². The highest BCUT2D eigenvalue weighted by molar-refractivity contribution is 6.27. The molecule has 0 spiro atoms. The Hall–Kier alpha value is -6.62. The molecule has 14 nitrogen and oxygen atoms in total. The van der Waals surface area contributed by atoms with Gasteiger partial charge in [0.15, 0.2) is 0 Å². The Kier molecular flexibility index (Phi) is 11.9. The number of aromatic nitrogens is 2. The molecular weight excluding hydrogens is 727 g/mol. The first-order valence-corrected chi connectivity index (χ1v) is 16.6. The maximum Gasteiger partial charge on any atom is 0.416 e. The highest BCUT2D eigenvalue weighted by Gasteiger charge is 2.32. The lowest BCUT2D eigenvalue weighted by Gasteiger charge is -2.34. The van der Waals surface area contributed by atoms with E-state index in [2.05, 4.69) is 22.0 Å². The van der Waals surface area contributed by atoms with Crippen molar-refractivity contribution in [3.05, 3.63) is 107 Å². The number of amides is 2. The summed E-state index contributed by atoms with van der Waals surface area (Å²) < 4.78 is 51.9. The van der Waals surface area contributed by atoms with Crippen LogP contribution in [-0.2, 0) is 29.4 Å². The Morgan fingerprint density at radius 2 is 1.51 bits per heavy atom. The van der Waals surface area contributed by atoms with Gasteiger partial charge in [-0.3, -0.25) is 14.5 Å². The number of nitrogens with zero attached hydrogens (tertiary/aromatic N) is 5. The van der Waals surface area contributed by atoms with Gasteiger partial charge in [-0.15, -0.1) is 0 Å². The molecule has 1 aliphatic heterocycles.